The minimum Gasteiger partial charge on any atom is -0.336 e. The Morgan fingerprint density at radius 1 is 1.07 bits per heavy atom. The number of amides is 2. The van der Waals surface area contributed by atoms with Crippen molar-refractivity contribution >= 4 is 11.6 Å². The van der Waals surface area contributed by atoms with Gasteiger partial charge in [-0.1, -0.05) is 67.8 Å². The van der Waals surface area contributed by atoms with Crippen molar-refractivity contribution in [3.8, 4) is 6.07 Å². The summed E-state index contributed by atoms with van der Waals surface area (Å²) < 4.78 is 0. The second-order valence-electron chi connectivity index (χ2n) is 11.6. The maximum Gasteiger partial charge on any atom is 0.315 e. The minimum atomic E-state index is -0.588. The van der Waals surface area contributed by atoms with Gasteiger partial charge in [0.1, 0.15) is 6.07 Å². The molecule has 1 aromatic heterocycles. The molecular weight excluding hydrogens is 498 g/mol. The van der Waals surface area contributed by atoms with Crippen LogP contribution in [-0.2, 0) is 5.54 Å². The molecule has 3 aliphatic rings. The number of hydrogen-bond acceptors (Lipinski definition) is 6. The van der Waals surface area contributed by atoms with E-state index in [1.165, 1.54) is 11.1 Å². The van der Waals surface area contributed by atoms with Crippen LogP contribution in [0.15, 0.2) is 60.8 Å². The molecule has 1 unspecified atom stereocenters. The summed E-state index contributed by atoms with van der Waals surface area (Å²) in [4.78, 5) is 27.1. The molecule has 2 fully saturated rings. The SMILES string of the molecule is CC(C)N1CCN(C2(CNC(=O)NC3(c4ccnc(C#N)n4)CCCCC3)C=CC(c3ccccc3)=CC2)CC1. The van der Waals surface area contributed by atoms with Crippen LogP contribution in [0.4, 0.5) is 4.79 Å². The van der Waals surface area contributed by atoms with Crippen molar-refractivity contribution in [1.29, 1.82) is 5.26 Å². The Bertz CT molecular complexity index is 1270. The third-order valence-electron chi connectivity index (χ3n) is 8.89. The number of rotatable bonds is 7. The van der Waals surface area contributed by atoms with Crippen molar-refractivity contribution in [3.05, 3.63) is 77.9 Å². The number of piperazine rings is 1. The molecule has 8 nitrogen and oxygen atoms in total. The molecule has 8 heteroatoms. The van der Waals surface area contributed by atoms with Crippen LogP contribution in [-0.4, -0.2) is 70.1 Å². The van der Waals surface area contributed by atoms with E-state index in [1.54, 1.807) is 6.20 Å². The highest BCUT2D eigenvalue weighted by molar-refractivity contribution is 5.77. The first kappa shape index (κ1) is 28.0. The molecular formula is C32H41N7O. The van der Waals surface area contributed by atoms with Gasteiger partial charge in [0, 0.05) is 45.0 Å². The van der Waals surface area contributed by atoms with E-state index in [0.717, 1.165) is 70.4 Å². The highest BCUT2D eigenvalue weighted by Gasteiger charge is 2.40. The molecule has 1 aliphatic heterocycles. The fourth-order valence-corrected chi connectivity index (χ4v) is 6.45. The molecule has 2 aromatic rings. The Hall–Kier alpha value is -3.54. The lowest BCUT2D eigenvalue weighted by atomic mass is 9.79. The van der Waals surface area contributed by atoms with Gasteiger partial charge in [-0.05, 0) is 50.3 Å². The minimum absolute atomic E-state index is 0.137. The van der Waals surface area contributed by atoms with Gasteiger partial charge in [-0.2, -0.15) is 5.26 Å². The van der Waals surface area contributed by atoms with E-state index < -0.39 is 5.54 Å². The molecule has 1 saturated carbocycles. The average Bonchev–Trinajstić information content (AvgIpc) is 3.01. The van der Waals surface area contributed by atoms with Crippen molar-refractivity contribution in [1.82, 2.24) is 30.4 Å². The molecule has 1 atom stereocenters. The Kier molecular flexibility index (Phi) is 8.63. The predicted molar refractivity (Wildman–Crippen MR) is 157 cm³/mol. The van der Waals surface area contributed by atoms with Crippen LogP contribution >= 0.6 is 0 Å². The molecule has 2 aliphatic carbocycles. The lowest BCUT2D eigenvalue weighted by Gasteiger charge is -2.48. The predicted octanol–water partition coefficient (Wildman–Crippen LogP) is 4.62. The van der Waals surface area contributed by atoms with Crippen LogP contribution in [0.2, 0.25) is 0 Å². The van der Waals surface area contributed by atoms with E-state index in [4.69, 9.17) is 0 Å². The summed E-state index contributed by atoms with van der Waals surface area (Å²) in [7, 11) is 0. The molecule has 2 heterocycles. The number of carbonyl (C=O) groups is 1. The van der Waals surface area contributed by atoms with E-state index in [2.05, 4.69) is 86.7 Å². The topological polar surface area (TPSA) is 97.2 Å². The van der Waals surface area contributed by atoms with Crippen molar-refractivity contribution in [2.45, 2.75) is 69.5 Å². The number of urea groups is 1. The van der Waals surface area contributed by atoms with E-state index in [-0.39, 0.29) is 17.4 Å². The molecule has 5 rings (SSSR count). The van der Waals surface area contributed by atoms with Gasteiger partial charge >= 0.3 is 6.03 Å². The number of nitrogens with zero attached hydrogens (tertiary/aromatic N) is 5. The van der Waals surface area contributed by atoms with E-state index >= 15 is 0 Å². The van der Waals surface area contributed by atoms with Crippen molar-refractivity contribution in [2.75, 3.05) is 32.7 Å². The molecule has 210 valence electrons. The Morgan fingerprint density at radius 3 is 2.48 bits per heavy atom. The molecule has 0 spiro atoms. The number of nitrogens with one attached hydrogen (secondary N) is 2. The van der Waals surface area contributed by atoms with Gasteiger partial charge in [0.2, 0.25) is 5.82 Å². The fraction of sp³-hybridized carbons (Fsp3) is 0.500. The van der Waals surface area contributed by atoms with Gasteiger partial charge in [-0.15, -0.1) is 0 Å². The number of carbonyl (C=O) groups excluding carboxylic acids is 1. The zero-order valence-electron chi connectivity index (χ0n) is 23.8. The van der Waals surface area contributed by atoms with Crippen LogP contribution in [0, 0.1) is 11.3 Å². The zero-order chi connectivity index (χ0) is 28.0. The van der Waals surface area contributed by atoms with E-state index in [1.807, 2.05) is 18.2 Å². The largest absolute Gasteiger partial charge is 0.336 e. The molecule has 0 radical (unpaired) electrons. The van der Waals surface area contributed by atoms with Crippen LogP contribution in [0.25, 0.3) is 5.57 Å². The second-order valence-corrected chi connectivity index (χ2v) is 11.6. The number of nitriles is 1. The quantitative estimate of drug-likeness (QED) is 0.533. The highest BCUT2D eigenvalue weighted by Crippen LogP contribution is 2.36. The van der Waals surface area contributed by atoms with Crippen LogP contribution < -0.4 is 10.6 Å². The number of hydrogen-bond donors (Lipinski definition) is 2. The molecule has 1 saturated heterocycles. The third-order valence-corrected chi connectivity index (χ3v) is 8.89. The first-order valence-electron chi connectivity index (χ1n) is 14.7. The van der Waals surface area contributed by atoms with Crippen LogP contribution in [0.3, 0.4) is 0 Å². The Balaban J connectivity index is 1.33. The Morgan fingerprint density at radius 2 is 1.82 bits per heavy atom. The summed E-state index contributed by atoms with van der Waals surface area (Å²) in [5, 5.41) is 15.9. The second kappa shape index (κ2) is 12.3. The standard InChI is InChI=1S/C32H41N7O/c1-25(2)38-19-21-39(22-20-38)31(16-11-27(12-17-31)26-9-5-3-6-10-26)24-35-30(40)37-32(14-7-4-8-15-32)28-13-18-34-29(23-33)36-28/h3,5-6,9-13,16,18,25H,4,7-8,14-15,17,19-22,24H2,1-2H3,(H2,35,37,40). The van der Waals surface area contributed by atoms with Crippen LogP contribution in [0.5, 0.6) is 0 Å². The van der Waals surface area contributed by atoms with Gasteiger partial charge in [-0.3, -0.25) is 9.80 Å². The molecule has 2 N–H and O–H groups in total. The zero-order valence-corrected chi connectivity index (χ0v) is 23.8. The van der Waals surface area contributed by atoms with Crippen molar-refractivity contribution < 1.29 is 4.79 Å². The van der Waals surface area contributed by atoms with Gasteiger partial charge in [0.25, 0.3) is 0 Å². The van der Waals surface area contributed by atoms with Gasteiger partial charge in [0.15, 0.2) is 0 Å². The van der Waals surface area contributed by atoms with Crippen molar-refractivity contribution in [2.24, 2.45) is 0 Å². The number of benzene rings is 1. The summed E-state index contributed by atoms with van der Waals surface area (Å²) in [6.07, 6.45) is 14.0. The summed E-state index contributed by atoms with van der Waals surface area (Å²) in [6.45, 7) is 8.98. The summed E-state index contributed by atoms with van der Waals surface area (Å²) in [5.41, 5.74) is 2.28. The lowest BCUT2D eigenvalue weighted by molar-refractivity contribution is 0.0470. The van der Waals surface area contributed by atoms with E-state index in [9.17, 15) is 10.1 Å². The van der Waals surface area contributed by atoms with E-state index in [0.29, 0.717) is 12.6 Å². The van der Waals surface area contributed by atoms with Crippen LogP contribution in [0.1, 0.15) is 69.5 Å². The molecule has 40 heavy (non-hydrogen) atoms. The summed E-state index contributed by atoms with van der Waals surface area (Å²) >= 11 is 0. The summed E-state index contributed by atoms with van der Waals surface area (Å²) in [5.74, 6) is 0.137. The molecule has 0 bridgehead atoms. The number of aromatic nitrogens is 2. The van der Waals surface area contributed by atoms with Gasteiger partial charge < -0.3 is 10.6 Å². The van der Waals surface area contributed by atoms with Gasteiger partial charge in [-0.25, -0.2) is 14.8 Å². The van der Waals surface area contributed by atoms with Crippen molar-refractivity contribution in [3.63, 3.8) is 0 Å². The molecule has 2 amide bonds. The fourth-order valence-electron chi connectivity index (χ4n) is 6.45. The smallest absolute Gasteiger partial charge is 0.315 e. The maximum atomic E-state index is 13.5. The number of allylic oxidation sites excluding steroid dienone is 2. The maximum absolute atomic E-state index is 13.5. The normalized spacial score (nSPS) is 23.3. The highest BCUT2D eigenvalue weighted by atomic mass is 16.2. The monoisotopic (exact) mass is 539 g/mol. The summed E-state index contributed by atoms with van der Waals surface area (Å²) in [6, 6.07) is 14.7. The first-order chi connectivity index (χ1) is 19.4. The first-order valence-corrected chi connectivity index (χ1v) is 14.7. The lowest BCUT2D eigenvalue weighted by Crippen LogP contribution is -2.62. The average molecular weight is 540 g/mol. The Labute approximate surface area is 238 Å². The molecule has 1 aromatic carbocycles. The van der Waals surface area contributed by atoms with Gasteiger partial charge in [0.05, 0.1) is 16.8 Å². The third kappa shape index (κ3) is 6.11.